The fourth-order valence-corrected chi connectivity index (χ4v) is 2.63. The third-order valence-electron chi connectivity index (χ3n) is 3.33. The monoisotopic (exact) mass is 284 g/mol. The van der Waals surface area contributed by atoms with Gasteiger partial charge in [-0.25, -0.2) is 9.97 Å². The standard InChI is InChI=1S/C10H11BrN2O.C2H6/c11-7-3-12-8(13-4-7)10(14)5-9(6-10)1-2-9;1-2/h3-4,14H,1-2,5-6H2;1-2H3. The van der Waals surface area contributed by atoms with Crippen LogP contribution >= 0.6 is 15.9 Å². The largest absolute Gasteiger partial charge is 0.382 e. The first-order chi connectivity index (χ1) is 7.62. The fourth-order valence-electron chi connectivity index (χ4n) is 2.43. The van der Waals surface area contributed by atoms with E-state index in [9.17, 15) is 5.11 Å². The van der Waals surface area contributed by atoms with Gasteiger partial charge in [0, 0.05) is 12.4 Å². The van der Waals surface area contributed by atoms with E-state index in [2.05, 4.69) is 25.9 Å². The van der Waals surface area contributed by atoms with Gasteiger partial charge in [0.05, 0.1) is 4.47 Å². The maximum Gasteiger partial charge on any atom is 0.160 e. The Labute approximate surface area is 104 Å². The molecule has 0 saturated heterocycles. The second-order valence-corrected chi connectivity index (χ2v) is 5.53. The fraction of sp³-hybridized carbons (Fsp3) is 0.667. The summed E-state index contributed by atoms with van der Waals surface area (Å²) in [4.78, 5) is 8.31. The Hall–Kier alpha value is -0.480. The van der Waals surface area contributed by atoms with Gasteiger partial charge in [-0.3, -0.25) is 0 Å². The van der Waals surface area contributed by atoms with Crippen LogP contribution in [0.5, 0.6) is 0 Å². The lowest BCUT2D eigenvalue weighted by Gasteiger charge is -2.43. The predicted octanol–water partition coefficient (Wildman–Crippen LogP) is 3.03. The van der Waals surface area contributed by atoms with E-state index in [0.29, 0.717) is 11.2 Å². The molecule has 0 amide bonds. The van der Waals surface area contributed by atoms with Crippen LogP contribution in [0.4, 0.5) is 0 Å². The summed E-state index contributed by atoms with van der Waals surface area (Å²) in [6, 6.07) is 0. The first-order valence-electron chi connectivity index (χ1n) is 5.82. The van der Waals surface area contributed by atoms with Crippen molar-refractivity contribution in [1.29, 1.82) is 0 Å². The molecule has 2 aliphatic rings. The van der Waals surface area contributed by atoms with Gasteiger partial charge >= 0.3 is 0 Å². The van der Waals surface area contributed by atoms with E-state index in [1.807, 2.05) is 13.8 Å². The molecule has 1 heterocycles. The Morgan fingerprint density at radius 2 is 1.69 bits per heavy atom. The molecule has 1 aromatic rings. The minimum absolute atomic E-state index is 0.463. The van der Waals surface area contributed by atoms with Gasteiger partial charge < -0.3 is 5.11 Å². The van der Waals surface area contributed by atoms with Gasteiger partial charge in [-0.05, 0) is 47.0 Å². The smallest absolute Gasteiger partial charge is 0.160 e. The van der Waals surface area contributed by atoms with Crippen LogP contribution in [-0.2, 0) is 5.60 Å². The second kappa shape index (κ2) is 4.08. The van der Waals surface area contributed by atoms with Crippen LogP contribution in [0, 0.1) is 5.41 Å². The van der Waals surface area contributed by atoms with Crippen molar-refractivity contribution in [3.8, 4) is 0 Å². The molecule has 0 radical (unpaired) electrons. The molecule has 2 fully saturated rings. The molecule has 0 aromatic carbocycles. The van der Waals surface area contributed by atoms with Crippen LogP contribution in [0.2, 0.25) is 0 Å². The molecule has 3 rings (SSSR count). The normalized spacial score (nSPS) is 23.0. The molecule has 0 atom stereocenters. The van der Waals surface area contributed by atoms with E-state index in [-0.39, 0.29) is 0 Å². The van der Waals surface area contributed by atoms with Crippen LogP contribution in [0.15, 0.2) is 16.9 Å². The van der Waals surface area contributed by atoms with Crippen molar-refractivity contribution in [2.45, 2.75) is 45.1 Å². The quantitative estimate of drug-likeness (QED) is 0.862. The van der Waals surface area contributed by atoms with Crippen LogP contribution in [0.1, 0.15) is 45.4 Å². The average Bonchev–Trinajstić information content (AvgIpc) is 3.01. The minimum Gasteiger partial charge on any atom is -0.382 e. The highest BCUT2D eigenvalue weighted by atomic mass is 79.9. The Balaban J connectivity index is 0.000000457. The maximum atomic E-state index is 10.2. The highest BCUT2D eigenvalue weighted by molar-refractivity contribution is 9.10. The van der Waals surface area contributed by atoms with Crippen molar-refractivity contribution in [2.75, 3.05) is 0 Å². The Kier molecular flexibility index (Phi) is 3.05. The zero-order chi connectivity index (χ0) is 11.8. The molecule has 1 aromatic heterocycles. The molecule has 1 spiro atoms. The minimum atomic E-state index is -0.739. The van der Waals surface area contributed by atoms with Gasteiger partial charge in [0.25, 0.3) is 0 Å². The van der Waals surface area contributed by atoms with Crippen LogP contribution in [0.25, 0.3) is 0 Å². The van der Waals surface area contributed by atoms with Gasteiger partial charge in [-0.1, -0.05) is 13.8 Å². The number of hydrogen-bond donors (Lipinski definition) is 1. The number of rotatable bonds is 1. The second-order valence-electron chi connectivity index (χ2n) is 4.61. The van der Waals surface area contributed by atoms with E-state index in [1.54, 1.807) is 12.4 Å². The summed E-state index contributed by atoms with van der Waals surface area (Å²) >= 11 is 3.28. The Bertz CT molecular complexity index is 365. The molecule has 1 N–H and O–H groups in total. The molecular formula is C12H17BrN2O. The zero-order valence-electron chi connectivity index (χ0n) is 9.70. The zero-order valence-corrected chi connectivity index (χ0v) is 11.3. The number of hydrogen-bond acceptors (Lipinski definition) is 3. The average molecular weight is 285 g/mol. The summed E-state index contributed by atoms with van der Waals surface area (Å²) in [5.74, 6) is 0.582. The summed E-state index contributed by atoms with van der Waals surface area (Å²) < 4.78 is 0.852. The lowest BCUT2D eigenvalue weighted by Crippen LogP contribution is -2.43. The number of aliphatic hydroxyl groups is 1. The number of nitrogens with zero attached hydrogens (tertiary/aromatic N) is 2. The van der Waals surface area contributed by atoms with Gasteiger partial charge in [0.1, 0.15) is 5.60 Å². The van der Waals surface area contributed by atoms with Crippen LogP contribution in [-0.4, -0.2) is 15.1 Å². The molecule has 0 bridgehead atoms. The third kappa shape index (κ3) is 2.00. The molecule has 2 saturated carbocycles. The summed E-state index contributed by atoms with van der Waals surface area (Å²) in [5.41, 5.74) is -0.275. The van der Waals surface area contributed by atoms with E-state index >= 15 is 0 Å². The van der Waals surface area contributed by atoms with E-state index < -0.39 is 5.60 Å². The summed E-state index contributed by atoms with van der Waals surface area (Å²) in [6.45, 7) is 4.00. The van der Waals surface area contributed by atoms with Crippen molar-refractivity contribution in [1.82, 2.24) is 9.97 Å². The van der Waals surface area contributed by atoms with Crippen molar-refractivity contribution in [3.63, 3.8) is 0 Å². The molecular weight excluding hydrogens is 268 g/mol. The lowest BCUT2D eigenvalue weighted by molar-refractivity contribution is -0.0984. The van der Waals surface area contributed by atoms with Crippen molar-refractivity contribution in [3.05, 3.63) is 22.7 Å². The first kappa shape index (κ1) is 12.0. The molecule has 3 nitrogen and oxygen atoms in total. The molecule has 16 heavy (non-hydrogen) atoms. The van der Waals surface area contributed by atoms with Crippen molar-refractivity contribution in [2.24, 2.45) is 5.41 Å². The number of aromatic nitrogens is 2. The summed E-state index contributed by atoms with van der Waals surface area (Å²) in [6.07, 6.45) is 7.62. The summed E-state index contributed by atoms with van der Waals surface area (Å²) in [7, 11) is 0. The van der Waals surface area contributed by atoms with Gasteiger partial charge in [0.2, 0.25) is 0 Å². The Morgan fingerprint density at radius 1 is 1.19 bits per heavy atom. The topological polar surface area (TPSA) is 46.0 Å². The SMILES string of the molecule is CC.OC1(c2ncc(Br)cn2)CC2(CC2)C1. The van der Waals surface area contributed by atoms with Crippen LogP contribution < -0.4 is 0 Å². The van der Waals surface area contributed by atoms with E-state index in [1.165, 1.54) is 12.8 Å². The Morgan fingerprint density at radius 3 is 2.12 bits per heavy atom. The third-order valence-corrected chi connectivity index (χ3v) is 3.74. The number of halogens is 1. The van der Waals surface area contributed by atoms with Gasteiger partial charge in [-0.2, -0.15) is 0 Å². The van der Waals surface area contributed by atoms with E-state index in [4.69, 9.17) is 0 Å². The summed E-state index contributed by atoms with van der Waals surface area (Å²) in [5, 5.41) is 10.2. The molecule has 0 aliphatic heterocycles. The van der Waals surface area contributed by atoms with Gasteiger partial charge in [0.15, 0.2) is 5.82 Å². The van der Waals surface area contributed by atoms with Crippen molar-refractivity contribution < 1.29 is 5.11 Å². The van der Waals surface area contributed by atoms with E-state index in [0.717, 1.165) is 17.3 Å². The molecule has 2 aliphatic carbocycles. The highest BCUT2D eigenvalue weighted by Crippen LogP contribution is 2.67. The maximum absolute atomic E-state index is 10.2. The highest BCUT2D eigenvalue weighted by Gasteiger charge is 2.62. The molecule has 88 valence electrons. The molecule has 0 unspecified atom stereocenters. The first-order valence-corrected chi connectivity index (χ1v) is 6.62. The van der Waals surface area contributed by atoms with Crippen LogP contribution in [0.3, 0.4) is 0 Å². The molecule has 4 heteroatoms. The van der Waals surface area contributed by atoms with Crippen molar-refractivity contribution >= 4 is 15.9 Å². The lowest BCUT2D eigenvalue weighted by atomic mass is 9.67. The van der Waals surface area contributed by atoms with Gasteiger partial charge in [-0.15, -0.1) is 0 Å². The predicted molar refractivity (Wildman–Crippen MR) is 65.9 cm³/mol.